The molecule has 12 nitrogen and oxygen atoms in total. The van der Waals surface area contributed by atoms with Crippen LogP contribution in [0.25, 0.3) is 0 Å². The zero-order chi connectivity index (χ0) is 26.2. The highest BCUT2D eigenvalue weighted by Crippen LogP contribution is 2.30. The first-order chi connectivity index (χ1) is 17.3. The monoisotopic (exact) mass is 542 g/mol. The fraction of sp³-hybridized carbons (Fsp3) is 0.591. The van der Waals surface area contributed by atoms with Crippen molar-refractivity contribution in [2.24, 2.45) is 0 Å². The molecular weight excluding hydrogens is 512 g/mol. The molecule has 0 spiro atoms. The minimum Gasteiger partial charge on any atom is -0.477 e. The highest BCUT2D eigenvalue weighted by atomic mass is 35.5. The third-order valence-corrected chi connectivity index (χ3v) is 7.01. The summed E-state index contributed by atoms with van der Waals surface area (Å²) in [6.07, 6.45) is 1.55. The zero-order valence-electron chi connectivity index (χ0n) is 20.4. The van der Waals surface area contributed by atoms with E-state index in [0.717, 1.165) is 17.8 Å². The molecule has 3 heterocycles. The van der Waals surface area contributed by atoms with E-state index in [1.165, 1.54) is 7.11 Å². The van der Waals surface area contributed by atoms with Gasteiger partial charge in [0.2, 0.25) is 0 Å². The topological polar surface area (TPSA) is 159 Å². The maximum absolute atomic E-state index is 12.8. The van der Waals surface area contributed by atoms with Crippen LogP contribution in [0.3, 0.4) is 0 Å². The second kappa shape index (κ2) is 13.0. The number of aromatic carboxylic acids is 1. The number of aryl methyl sites for hydroxylation is 1. The molecule has 1 fully saturated rings. The molecule has 2 aromatic heterocycles. The summed E-state index contributed by atoms with van der Waals surface area (Å²) in [5, 5.41) is 15.9. The average Bonchev–Trinajstić information content (AvgIpc) is 3.47. The van der Waals surface area contributed by atoms with Gasteiger partial charge in [-0.3, -0.25) is 9.59 Å². The number of nitrogens with one attached hydrogen (secondary N) is 3. The van der Waals surface area contributed by atoms with Crippen LogP contribution in [-0.4, -0.2) is 89.9 Å². The fourth-order valence-corrected chi connectivity index (χ4v) is 4.96. The number of aromatic amines is 1. The molecule has 198 valence electrons. The summed E-state index contributed by atoms with van der Waals surface area (Å²) >= 11 is 7.01. The van der Waals surface area contributed by atoms with Gasteiger partial charge in [-0.05, 0) is 19.3 Å². The van der Waals surface area contributed by atoms with Crippen LogP contribution in [0.5, 0.6) is 0 Å². The van der Waals surface area contributed by atoms with E-state index >= 15 is 0 Å². The van der Waals surface area contributed by atoms with Crippen molar-refractivity contribution in [3.63, 3.8) is 0 Å². The first kappa shape index (κ1) is 27.8. The Kier molecular flexibility index (Phi) is 10.0. The lowest BCUT2D eigenvalue weighted by Gasteiger charge is -2.38. The number of aromatic nitrogens is 3. The first-order valence-electron chi connectivity index (χ1n) is 11.7. The summed E-state index contributed by atoms with van der Waals surface area (Å²) in [6, 6.07) is -0.301. The lowest BCUT2D eigenvalue weighted by atomic mass is 10.0. The second-order valence-corrected chi connectivity index (χ2v) is 9.50. The number of hydrogen-bond donors (Lipinski definition) is 4. The number of carboxylic acid groups (broad SMARTS) is 1. The Morgan fingerprint density at radius 3 is 2.67 bits per heavy atom. The number of carbonyl (C=O) groups is 3. The van der Waals surface area contributed by atoms with E-state index in [9.17, 15) is 19.5 Å². The molecular formula is C22H31ClN6O6S. The van der Waals surface area contributed by atoms with Gasteiger partial charge in [0.15, 0.2) is 21.8 Å². The molecule has 0 aliphatic carbocycles. The molecule has 1 saturated heterocycles. The quantitative estimate of drug-likeness (QED) is 0.294. The van der Waals surface area contributed by atoms with Gasteiger partial charge in [-0.2, -0.15) is 0 Å². The van der Waals surface area contributed by atoms with E-state index in [1.54, 1.807) is 0 Å². The maximum atomic E-state index is 12.8. The van der Waals surface area contributed by atoms with Crippen LogP contribution < -0.4 is 15.5 Å². The third kappa shape index (κ3) is 6.72. The Hall–Kier alpha value is -2.74. The van der Waals surface area contributed by atoms with Gasteiger partial charge in [-0.25, -0.2) is 14.8 Å². The van der Waals surface area contributed by atoms with E-state index in [4.69, 9.17) is 21.1 Å². The van der Waals surface area contributed by atoms with E-state index in [-0.39, 0.29) is 46.1 Å². The zero-order valence-corrected chi connectivity index (χ0v) is 22.0. The summed E-state index contributed by atoms with van der Waals surface area (Å²) in [6.45, 7) is 5.76. The molecule has 0 bridgehead atoms. The first-order valence-corrected chi connectivity index (χ1v) is 12.9. The van der Waals surface area contributed by atoms with Crippen molar-refractivity contribution in [1.29, 1.82) is 0 Å². The average molecular weight is 543 g/mol. The van der Waals surface area contributed by atoms with Crippen LogP contribution in [0.15, 0.2) is 0 Å². The SMILES string of the molecule is CCCO[C@@H]1CN(c2nc(C(=O)NCCOC)c(C(=O)O)s2)CC[C@@H]1NC(=O)c1nc(Cl)c(CC)[nH]1. The van der Waals surface area contributed by atoms with E-state index in [2.05, 4.69) is 25.6 Å². The Morgan fingerprint density at radius 1 is 1.25 bits per heavy atom. The van der Waals surface area contributed by atoms with Crippen LogP contribution in [0.2, 0.25) is 5.15 Å². The number of piperidine rings is 1. The standard InChI is InChI=1S/C22H31ClN6O6S/c1-4-9-35-14-11-29(8-6-13(14)26-20(31)18-25-12(5-2)17(23)28-18)22-27-15(16(36-22)21(32)33)19(30)24-7-10-34-3/h13-14H,4-11H2,1-3H3,(H,24,30)(H,25,28)(H,26,31)(H,32,33)/t13-,14+/m0/s1. The number of anilines is 1. The Balaban J connectivity index is 1.74. The van der Waals surface area contributed by atoms with E-state index < -0.39 is 11.9 Å². The Labute approximate surface area is 217 Å². The third-order valence-electron chi connectivity index (χ3n) is 5.60. The van der Waals surface area contributed by atoms with Crippen molar-refractivity contribution in [3.05, 3.63) is 27.2 Å². The van der Waals surface area contributed by atoms with Gasteiger partial charge in [0.1, 0.15) is 4.88 Å². The number of H-pyrrole nitrogens is 1. The number of rotatable bonds is 12. The fourth-order valence-electron chi connectivity index (χ4n) is 3.75. The molecule has 14 heteroatoms. The molecule has 1 aliphatic heterocycles. The minimum absolute atomic E-state index is 0.136. The lowest BCUT2D eigenvalue weighted by molar-refractivity contribution is 0.0204. The van der Waals surface area contributed by atoms with Crippen molar-refractivity contribution < 1.29 is 29.0 Å². The van der Waals surface area contributed by atoms with Gasteiger partial charge in [-0.1, -0.05) is 36.8 Å². The summed E-state index contributed by atoms with van der Waals surface area (Å²) in [5.74, 6) is -2.03. The molecule has 2 atom stereocenters. The van der Waals surface area contributed by atoms with Crippen LogP contribution in [-0.2, 0) is 15.9 Å². The number of hydrogen-bond acceptors (Lipinski definition) is 9. The summed E-state index contributed by atoms with van der Waals surface area (Å²) in [7, 11) is 1.51. The van der Waals surface area contributed by atoms with Gasteiger partial charge in [0.05, 0.1) is 24.4 Å². The molecule has 0 unspecified atom stereocenters. The number of ether oxygens (including phenoxy) is 2. The number of nitrogens with zero attached hydrogens (tertiary/aromatic N) is 3. The van der Waals surface area contributed by atoms with Crippen LogP contribution in [0.4, 0.5) is 5.13 Å². The number of halogens is 1. The number of carboxylic acids is 1. The van der Waals surface area contributed by atoms with Gasteiger partial charge in [0, 0.05) is 33.4 Å². The largest absolute Gasteiger partial charge is 0.477 e. The number of thiazole rings is 1. The number of carbonyl (C=O) groups excluding carboxylic acids is 2. The summed E-state index contributed by atoms with van der Waals surface area (Å²) in [4.78, 5) is 50.2. The molecule has 4 N–H and O–H groups in total. The predicted molar refractivity (Wildman–Crippen MR) is 134 cm³/mol. The highest BCUT2D eigenvalue weighted by molar-refractivity contribution is 7.17. The van der Waals surface area contributed by atoms with Crippen molar-refractivity contribution in [2.45, 2.75) is 45.3 Å². The minimum atomic E-state index is -1.22. The molecule has 0 saturated carbocycles. The second-order valence-electron chi connectivity index (χ2n) is 8.16. The predicted octanol–water partition coefficient (Wildman–Crippen LogP) is 1.96. The number of amides is 2. The summed E-state index contributed by atoms with van der Waals surface area (Å²) in [5.41, 5.74) is 0.553. The van der Waals surface area contributed by atoms with Crippen LogP contribution in [0.1, 0.15) is 63.2 Å². The molecule has 0 radical (unpaired) electrons. The van der Waals surface area contributed by atoms with Crippen molar-refractivity contribution in [2.75, 3.05) is 44.9 Å². The molecule has 2 amide bonds. The Bertz CT molecular complexity index is 1080. The van der Waals surface area contributed by atoms with Gasteiger partial charge in [0.25, 0.3) is 11.8 Å². The van der Waals surface area contributed by atoms with E-state index in [1.807, 2.05) is 18.7 Å². The van der Waals surface area contributed by atoms with E-state index in [0.29, 0.717) is 50.0 Å². The van der Waals surface area contributed by atoms with Gasteiger partial charge in [-0.15, -0.1) is 0 Å². The van der Waals surface area contributed by atoms with Crippen molar-refractivity contribution >= 4 is 45.9 Å². The lowest BCUT2D eigenvalue weighted by Crippen LogP contribution is -2.55. The molecule has 1 aliphatic rings. The Morgan fingerprint density at radius 2 is 2.03 bits per heavy atom. The van der Waals surface area contributed by atoms with Crippen LogP contribution >= 0.6 is 22.9 Å². The smallest absolute Gasteiger partial charge is 0.348 e. The molecule has 2 aromatic rings. The molecule has 3 rings (SSSR count). The van der Waals surface area contributed by atoms with Gasteiger partial charge >= 0.3 is 5.97 Å². The van der Waals surface area contributed by atoms with Crippen LogP contribution in [0, 0.1) is 0 Å². The number of imidazole rings is 1. The number of methoxy groups -OCH3 is 1. The van der Waals surface area contributed by atoms with Crippen molar-refractivity contribution in [3.8, 4) is 0 Å². The normalized spacial score (nSPS) is 17.7. The molecule has 0 aromatic carbocycles. The summed E-state index contributed by atoms with van der Waals surface area (Å²) < 4.78 is 11.0. The molecule has 36 heavy (non-hydrogen) atoms. The maximum Gasteiger partial charge on any atom is 0.348 e. The highest BCUT2D eigenvalue weighted by Gasteiger charge is 2.34. The van der Waals surface area contributed by atoms with Crippen molar-refractivity contribution in [1.82, 2.24) is 25.6 Å². The van der Waals surface area contributed by atoms with Gasteiger partial charge < -0.3 is 35.1 Å².